The van der Waals surface area contributed by atoms with Gasteiger partial charge in [0.05, 0.1) is 10.0 Å². The molecular weight excluding hydrogens is 347 g/mol. The predicted molar refractivity (Wildman–Crippen MR) is 86.6 cm³/mol. The molecule has 2 nitrogen and oxygen atoms in total. The van der Waals surface area contributed by atoms with Crippen molar-refractivity contribution in [2.24, 2.45) is 0 Å². The fourth-order valence-corrected chi connectivity index (χ4v) is 3.24. The maximum Gasteiger partial charge on any atom is 0.0595 e. The van der Waals surface area contributed by atoms with Crippen molar-refractivity contribution in [3.05, 3.63) is 33.8 Å². The number of benzene rings is 1. The maximum absolute atomic E-state index is 6.06. The molecule has 106 valence electrons. The number of rotatable bonds is 4. The van der Waals surface area contributed by atoms with E-state index in [0.717, 1.165) is 38.1 Å². The molecule has 0 N–H and O–H groups in total. The molecule has 0 aromatic heterocycles. The second-order valence-corrected chi connectivity index (χ2v) is 6.52. The highest BCUT2D eigenvalue weighted by atomic mass is 79.9. The monoisotopic (exact) mass is 364 g/mol. The minimum Gasteiger partial charge on any atom is -0.301 e. The van der Waals surface area contributed by atoms with E-state index in [2.05, 4.69) is 31.8 Å². The first kappa shape index (κ1) is 15.6. The molecule has 0 spiro atoms. The summed E-state index contributed by atoms with van der Waals surface area (Å²) in [6, 6.07) is 5.93. The molecule has 0 bridgehead atoms. The van der Waals surface area contributed by atoms with Crippen molar-refractivity contribution in [2.45, 2.75) is 13.0 Å². The molecule has 1 aliphatic heterocycles. The van der Waals surface area contributed by atoms with Crippen LogP contribution in [0.1, 0.15) is 12.0 Å². The summed E-state index contributed by atoms with van der Waals surface area (Å²) in [7, 11) is 0. The van der Waals surface area contributed by atoms with Crippen LogP contribution in [0.15, 0.2) is 18.2 Å². The lowest BCUT2D eigenvalue weighted by Crippen LogP contribution is -2.31. The summed E-state index contributed by atoms with van der Waals surface area (Å²) in [5.74, 6) is 0. The van der Waals surface area contributed by atoms with Gasteiger partial charge in [0.1, 0.15) is 0 Å². The van der Waals surface area contributed by atoms with Gasteiger partial charge in [-0.05, 0) is 37.2 Å². The lowest BCUT2D eigenvalue weighted by Gasteiger charge is -2.21. The van der Waals surface area contributed by atoms with Crippen molar-refractivity contribution in [2.75, 3.05) is 38.1 Å². The summed E-state index contributed by atoms with van der Waals surface area (Å²) in [5.41, 5.74) is 1.24. The number of nitrogens with zero attached hydrogens (tertiary/aromatic N) is 2. The third-order valence-corrected chi connectivity index (χ3v) is 4.57. The molecule has 5 heteroatoms. The van der Waals surface area contributed by atoms with Gasteiger partial charge in [0.2, 0.25) is 0 Å². The van der Waals surface area contributed by atoms with Crippen molar-refractivity contribution in [1.29, 1.82) is 0 Å². The average molecular weight is 366 g/mol. The van der Waals surface area contributed by atoms with Crippen molar-refractivity contribution < 1.29 is 0 Å². The summed E-state index contributed by atoms with van der Waals surface area (Å²) < 4.78 is 0. The minimum atomic E-state index is 0.629. The Hall–Kier alpha value is 0.200. The Morgan fingerprint density at radius 3 is 2.47 bits per heavy atom. The van der Waals surface area contributed by atoms with Crippen LogP contribution < -0.4 is 0 Å². The Morgan fingerprint density at radius 1 is 1.00 bits per heavy atom. The third kappa shape index (κ3) is 4.91. The van der Waals surface area contributed by atoms with Gasteiger partial charge in [-0.25, -0.2) is 0 Å². The summed E-state index contributed by atoms with van der Waals surface area (Å²) in [6.45, 7) is 6.71. The molecule has 0 unspecified atom stereocenters. The molecule has 0 aliphatic carbocycles. The van der Waals surface area contributed by atoms with Crippen molar-refractivity contribution >= 4 is 39.1 Å². The van der Waals surface area contributed by atoms with E-state index in [1.165, 1.54) is 18.5 Å². The highest BCUT2D eigenvalue weighted by Gasteiger charge is 2.14. The molecule has 1 saturated heterocycles. The van der Waals surface area contributed by atoms with Gasteiger partial charge in [-0.1, -0.05) is 45.2 Å². The molecule has 2 rings (SSSR count). The Balaban J connectivity index is 1.90. The van der Waals surface area contributed by atoms with E-state index in [-0.39, 0.29) is 0 Å². The van der Waals surface area contributed by atoms with Crippen LogP contribution in [0, 0.1) is 0 Å². The van der Waals surface area contributed by atoms with Crippen LogP contribution in [0.4, 0.5) is 0 Å². The van der Waals surface area contributed by atoms with Crippen molar-refractivity contribution in [3.8, 4) is 0 Å². The van der Waals surface area contributed by atoms with Gasteiger partial charge >= 0.3 is 0 Å². The number of alkyl halides is 1. The summed E-state index contributed by atoms with van der Waals surface area (Å²) in [6.07, 6.45) is 1.23. The Morgan fingerprint density at radius 2 is 1.74 bits per heavy atom. The molecule has 0 saturated carbocycles. The molecule has 1 heterocycles. The average Bonchev–Trinajstić information content (AvgIpc) is 2.60. The minimum absolute atomic E-state index is 0.629. The van der Waals surface area contributed by atoms with Gasteiger partial charge in [-0.3, -0.25) is 4.90 Å². The fraction of sp³-hybridized carbons (Fsp3) is 0.571. The summed E-state index contributed by atoms with van der Waals surface area (Å²) >= 11 is 15.5. The van der Waals surface area contributed by atoms with Crippen molar-refractivity contribution in [1.82, 2.24) is 9.80 Å². The second-order valence-electron chi connectivity index (χ2n) is 4.91. The van der Waals surface area contributed by atoms with Gasteiger partial charge < -0.3 is 4.90 Å². The SMILES string of the molecule is Clc1ccc(CN2CCCN(CCBr)CC2)cc1Cl. The standard InChI is InChI=1S/C14H19BrCl2N2/c15-4-7-18-5-1-6-19(9-8-18)11-12-2-3-13(16)14(17)10-12/h2-3,10H,1,4-9,11H2. The molecule has 1 aromatic rings. The Kier molecular flexibility index (Phi) is 6.43. The van der Waals surface area contributed by atoms with Gasteiger partial charge in [-0.2, -0.15) is 0 Å². The van der Waals surface area contributed by atoms with Gasteiger partial charge in [0, 0.05) is 31.5 Å². The molecule has 19 heavy (non-hydrogen) atoms. The fourth-order valence-electron chi connectivity index (χ4n) is 2.42. The summed E-state index contributed by atoms with van der Waals surface area (Å²) in [4.78, 5) is 5.01. The Bertz CT molecular complexity index is 414. The van der Waals surface area contributed by atoms with E-state index >= 15 is 0 Å². The van der Waals surface area contributed by atoms with Crippen molar-refractivity contribution in [3.63, 3.8) is 0 Å². The van der Waals surface area contributed by atoms with E-state index in [9.17, 15) is 0 Å². The zero-order valence-electron chi connectivity index (χ0n) is 10.9. The largest absolute Gasteiger partial charge is 0.301 e. The highest BCUT2D eigenvalue weighted by Crippen LogP contribution is 2.23. The molecule has 1 aromatic carbocycles. The number of hydrogen-bond acceptors (Lipinski definition) is 2. The van der Waals surface area contributed by atoms with E-state index < -0.39 is 0 Å². The molecule has 0 amide bonds. The first-order chi connectivity index (χ1) is 9.19. The predicted octanol–water partition coefficient (Wildman–Crippen LogP) is 3.90. The quantitative estimate of drug-likeness (QED) is 0.746. The topological polar surface area (TPSA) is 6.48 Å². The number of halogens is 3. The van der Waals surface area contributed by atoms with E-state index in [1.807, 2.05) is 12.1 Å². The van der Waals surface area contributed by atoms with Gasteiger partial charge in [-0.15, -0.1) is 0 Å². The van der Waals surface area contributed by atoms with Crippen LogP contribution in [0.5, 0.6) is 0 Å². The molecule has 1 fully saturated rings. The van der Waals surface area contributed by atoms with Crippen LogP contribution in [0.2, 0.25) is 10.0 Å². The molecule has 0 radical (unpaired) electrons. The zero-order chi connectivity index (χ0) is 13.7. The Labute approximate surface area is 133 Å². The lowest BCUT2D eigenvalue weighted by molar-refractivity contribution is 0.258. The normalized spacial score (nSPS) is 18.5. The van der Waals surface area contributed by atoms with Crippen LogP contribution in [0.3, 0.4) is 0 Å². The first-order valence-corrected chi connectivity index (χ1v) is 8.51. The molecule has 1 aliphatic rings. The smallest absolute Gasteiger partial charge is 0.0595 e. The zero-order valence-corrected chi connectivity index (χ0v) is 14.0. The van der Waals surface area contributed by atoms with Crippen LogP contribution in [0.25, 0.3) is 0 Å². The molecular formula is C14H19BrCl2N2. The second kappa shape index (κ2) is 7.84. The highest BCUT2D eigenvalue weighted by molar-refractivity contribution is 9.09. The molecule has 0 atom stereocenters. The van der Waals surface area contributed by atoms with Gasteiger partial charge in [0.25, 0.3) is 0 Å². The van der Waals surface area contributed by atoms with Crippen LogP contribution >= 0.6 is 39.1 Å². The van der Waals surface area contributed by atoms with Crippen LogP contribution in [-0.4, -0.2) is 47.9 Å². The third-order valence-electron chi connectivity index (χ3n) is 3.47. The van der Waals surface area contributed by atoms with Gasteiger partial charge in [0.15, 0.2) is 0 Å². The van der Waals surface area contributed by atoms with E-state index in [1.54, 1.807) is 0 Å². The lowest BCUT2D eigenvalue weighted by atomic mass is 10.2. The maximum atomic E-state index is 6.06. The summed E-state index contributed by atoms with van der Waals surface area (Å²) in [5, 5.41) is 2.33. The first-order valence-electron chi connectivity index (χ1n) is 6.63. The van der Waals surface area contributed by atoms with E-state index in [0.29, 0.717) is 10.0 Å². The number of hydrogen-bond donors (Lipinski definition) is 0. The van der Waals surface area contributed by atoms with E-state index in [4.69, 9.17) is 23.2 Å². The van der Waals surface area contributed by atoms with Crippen LogP contribution in [-0.2, 0) is 6.54 Å².